The number of carboxylic acid groups (broad SMARTS) is 1. The van der Waals surface area contributed by atoms with Gasteiger partial charge in [0.15, 0.2) is 0 Å². The summed E-state index contributed by atoms with van der Waals surface area (Å²) >= 11 is 1.49. The van der Waals surface area contributed by atoms with Crippen LogP contribution in [0.2, 0.25) is 0 Å². The first-order chi connectivity index (χ1) is 12.6. The van der Waals surface area contributed by atoms with E-state index in [0.717, 1.165) is 16.0 Å². The maximum absolute atomic E-state index is 12.8. The van der Waals surface area contributed by atoms with Gasteiger partial charge in [0.1, 0.15) is 4.83 Å². The van der Waals surface area contributed by atoms with Gasteiger partial charge in [-0.05, 0) is 22.8 Å². The zero-order valence-corrected chi connectivity index (χ0v) is 14.4. The van der Waals surface area contributed by atoms with E-state index < -0.39 is 5.97 Å². The van der Waals surface area contributed by atoms with Crippen molar-refractivity contribution in [3.8, 4) is 10.4 Å². The van der Waals surface area contributed by atoms with Gasteiger partial charge in [-0.15, -0.1) is 11.3 Å². The molecular weight excluding hydrogens is 348 g/mol. The van der Waals surface area contributed by atoms with Gasteiger partial charge >= 0.3 is 0 Å². The molecule has 0 amide bonds. The summed E-state index contributed by atoms with van der Waals surface area (Å²) in [5.41, 5.74) is 1.87. The average Bonchev–Trinajstić information content (AvgIpc) is 3.10. The van der Waals surface area contributed by atoms with E-state index >= 15 is 0 Å². The third-order valence-corrected chi connectivity index (χ3v) is 5.21. The first-order valence-electron chi connectivity index (χ1n) is 7.96. The number of nitrogens with zero attached hydrogens (tertiary/aromatic N) is 2. The highest BCUT2D eigenvalue weighted by atomic mass is 32.1. The summed E-state index contributed by atoms with van der Waals surface area (Å²) < 4.78 is 1.53. The highest BCUT2D eigenvalue weighted by Crippen LogP contribution is 2.30. The Balaban J connectivity index is 1.69. The SMILES string of the molecule is O=C([O-])c1ccc(Cn2cnc3sc(-c4ccccc4)cc3c2=O)cc1. The Kier molecular flexibility index (Phi) is 4.10. The Bertz CT molecular complexity index is 1150. The van der Waals surface area contributed by atoms with Crippen molar-refractivity contribution in [3.63, 3.8) is 0 Å². The second-order valence-corrected chi connectivity index (χ2v) is 6.89. The van der Waals surface area contributed by atoms with E-state index in [1.165, 1.54) is 34.4 Å². The highest BCUT2D eigenvalue weighted by molar-refractivity contribution is 7.21. The number of fused-ring (bicyclic) bond motifs is 1. The third kappa shape index (κ3) is 3.02. The Morgan fingerprint density at radius 2 is 1.81 bits per heavy atom. The molecule has 0 unspecified atom stereocenters. The third-order valence-electron chi connectivity index (χ3n) is 4.12. The molecule has 0 aliphatic rings. The molecule has 6 heteroatoms. The molecule has 2 heterocycles. The summed E-state index contributed by atoms with van der Waals surface area (Å²) in [5.74, 6) is -1.22. The van der Waals surface area contributed by atoms with E-state index in [-0.39, 0.29) is 11.1 Å². The number of hydrogen-bond donors (Lipinski definition) is 0. The summed E-state index contributed by atoms with van der Waals surface area (Å²) in [7, 11) is 0. The Morgan fingerprint density at radius 1 is 1.08 bits per heavy atom. The zero-order valence-electron chi connectivity index (χ0n) is 13.6. The summed E-state index contributed by atoms with van der Waals surface area (Å²) in [4.78, 5) is 29.7. The second kappa shape index (κ2) is 6.57. The summed E-state index contributed by atoms with van der Waals surface area (Å²) in [5, 5.41) is 11.4. The van der Waals surface area contributed by atoms with Gasteiger partial charge in [0, 0.05) is 4.88 Å². The van der Waals surface area contributed by atoms with Crippen LogP contribution in [0.1, 0.15) is 15.9 Å². The van der Waals surface area contributed by atoms with Crippen molar-refractivity contribution >= 4 is 27.5 Å². The van der Waals surface area contributed by atoms with E-state index in [1.54, 1.807) is 12.1 Å². The quantitative estimate of drug-likeness (QED) is 0.560. The Labute approximate surface area is 152 Å². The highest BCUT2D eigenvalue weighted by Gasteiger charge is 2.10. The summed E-state index contributed by atoms with van der Waals surface area (Å²) in [6.07, 6.45) is 1.53. The Morgan fingerprint density at radius 3 is 2.50 bits per heavy atom. The van der Waals surface area contributed by atoms with E-state index in [1.807, 2.05) is 36.4 Å². The molecule has 0 fully saturated rings. The molecule has 4 aromatic rings. The molecule has 0 aliphatic carbocycles. The molecule has 128 valence electrons. The molecule has 0 radical (unpaired) electrons. The van der Waals surface area contributed by atoms with Crippen molar-refractivity contribution in [2.24, 2.45) is 0 Å². The number of rotatable bonds is 4. The number of carbonyl (C=O) groups excluding carboxylic acids is 1. The first kappa shape index (κ1) is 16.2. The van der Waals surface area contributed by atoms with Crippen LogP contribution in [-0.2, 0) is 6.54 Å². The fourth-order valence-electron chi connectivity index (χ4n) is 2.76. The largest absolute Gasteiger partial charge is 0.545 e. The molecule has 4 rings (SSSR count). The Hall–Kier alpha value is -3.25. The van der Waals surface area contributed by atoms with Crippen molar-refractivity contribution in [3.05, 3.63) is 88.5 Å². The van der Waals surface area contributed by atoms with Crippen LogP contribution in [-0.4, -0.2) is 15.5 Å². The molecule has 0 saturated carbocycles. The monoisotopic (exact) mass is 361 g/mol. The molecule has 2 aromatic heterocycles. The summed E-state index contributed by atoms with van der Waals surface area (Å²) in [6, 6.07) is 18.0. The number of carbonyl (C=O) groups is 1. The van der Waals surface area contributed by atoms with E-state index in [0.29, 0.717) is 16.8 Å². The van der Waals surface area contributed by atoms with Crippen LogP contribution >= 0.6 is 11.3 Å². The van der Waals surface area contributed by atoms with Crippen molar-refractivity contribution < 1.29 is 9.90 Å². The van der Waals surface area contributed by atoms with Crippen molar-refractivity contribution in [1.29, 1.82) is 0 Å². The van der Waals surface area contributed by atoms with Crippen molar-refractivity contribution in [1.82, 2.24) is 9.55 Å². The maximum Gasteiger partial charge on any atom is 0.262 e. The molecule has 0 saturated heterocycles. The molecule has 26 heavy (non-hydrogen) atoms. The molecule has 0 atom stereocenters. The van der Waals surface area contributed by atoms with Crippen molar-refractivity contribution in [2.75, 3.05) is 0 Å². The molecule has 0 bridgehead atoms. The zero-order chi connectivity index (χ0) is 18.1. The van der Waals surface area contributed by atoms with Gasteiger partial charge in [0.25, 0.3) is 5.56 Å². The second-order valence-electron chi connectivity index (χ2n) is 5.86. The molecule has 0 N–H and O–H groups in total. The number of hydrogen-bond acceptors (Lipinski definition) is 5. The van der Waals surface area contributed by atoms with E-state index in [9.17, 15) is 14.7 Å². The van der Waals surface area contributed by atoms with Gasteiger partial charge in [0.2, 0.25) is 0 Å². The van der Waals surface area contributed by atoms with Gasteiger partial charge in [-0.2, -0.15) is 0 Å². The predicted molar refractivity (Wildman–Crippen MR) is 99.2 cm³/mol. The maximum atomic E-state index is 12.8. The van der Waals surface area contributed by atoms with Crippen LogP contribution in [0.5, 0.6) is 0 Å². The fourth-order valence-corrected chi connectivity index (χ4v) is 3.76. The van der Waals surface area contributed by atoms with E-state index in [4.69, 9.17) is 0 Å². The molecule has 2 aromatic carbocycles. The molecule has 0 spiro atoms. The average molecular weight is 361 g/mol. The number of aromatic carboxylic acids is 1. The summed E-state index contributed by atoms with van der Waals surface area (Å²) in [6.45, 7) is 0.325. The first-order valence-corrected chi connectivity index (χ1v) is 8.78. The standard InChI is InChI=1S/C20H14N2O3S/c23-19-16-10-17(14-4-2-1-3-5-14)26-18(16)21-12-22(19)11-13-6-8-15(9-7-13)20(24)25/h1-10,12H,11H2,(H,24,25)/p-1. The van der Waals surface area contributed by atoms with Crippen LogP contribution in [0.15, 0.2) is 71.8 Å². The van der Waals surface area contributed by atoms with Crippen LogP contribution in [0, 0.1) is 0 Å². The minimum Gasteiger partial charge on any atom is -0.545 e. The lowest BCUT2D eigenvalue weighted by Gasteiger charge is -2.07. The lowest BCUT2D eigenvalue weighted by atomic mass is 10.1. The number of aromatic nitrogens is 2. The molecular formula is C20H13N2O3S-. The van der Waals surface area contributed by atoms with Crippen molar-refractivity contribution in [2.45, 2.75) is 6.54 Å². The normalized spacial score (nSPS) is 10.9. The lowest BCUT2D eigenvalue weighted by Crippen LogP contribution is -2.22. The van der Waals surface area contributed by atoms with Gasteiger partial charge in [0.05, 0.1) is 24.2 Å². The number of benzene rings is 2. The lowest BCUT2D eigenvalue weighted by molar-refractivity contribution is -0.255. The van der Waals surface area contributed by atoms with Gasteiger partial charge in [-0.25, -0.2) is 4.98 Å². The van der Waals surface area contributed by atoms with Gasteiger partial charge in [-0.3, -0.25) is 9.36 Å². The molecule has 5 nitrogen and oxygen atoms in total. The van der Waals surface area contributed by atoms with E-state index in [2.05, 4.69) is 4.98 Å². The minimum atomic E-state index is -1.22. The van der Waals surface area contributed by atoms with Gasteiger partial charge < -0.3 is 9.90 Å². The number of carboxylic acids is 1. The predicted octanol–water partition coefficient (Wildman–Crippen LogP) is 2.54. The van der Waals surface area contributed by atoms with Crippen LogP contribution in [0.4, 0.5) is 0 Å². The minimum absolute atomic E-state index is 0.111. The fraction of sp³-hybridized carbons (Fsp3) is 0.0500. The van der Waals surface area contributed by atoms with Crippen LogP contribution < -0.4 is 10.7 Å². The number of thiophene rings is 1. The van der Waals surface area contributed by atoms with Crippen LogP contribution in [0.3, 0.4) is 0 Å². The smallest absolute Gasteiger partial charge is 0.262 e. The van der Waals surface area contributed by atoms with Crippen LogP contribution in [0.25, 0.3) is 20.7 Å². The van der Waals surface area contributed by atoms with Gasteiger partial charge in [-0.1, -0.05) is 54.6 Å². The topological polar surface area (TPSA) is 75.0 Å². The molecule has 0 aliphatic heterocycles.